The Morgan fingerprint density at radius 1 is 1.32 bits per heavy atom. The summed E-state index contributed by atoms with van der Waals surface area (Å²) < 4.78 is 28.6. The molecule has 0 aliphatic carbocycles. The Morgan fingerprint density at radius 2 is 1.95 bits per heavy atom. The molecular weight excluding hydrogens is 336 g/mol. The Labute approximate surface area is 121 Å². The van der Waals surface area contributed by atoms with Crippen LogP contribution in [0.5, 0.6) is 0 Å². The van der Waals surface area contributed by atoms with Crippen molar-refractivity contribution in [1.82, 2.24) is 0 Å². The van der Waals surface area contributed by atoms with Gasteiger partial charge in [-0.1, -0.05) is 0 Å². The fourth-order valence-electron chi connectivity index (χ4n) is 1.77. The molecule has 6 heteroatoms. The fourth-order valence-corrected chi connectivity index (χ4v) is 3.27. The minimum absolute atomic E-state index is 0.00832. The van der Waals surface area contributed by atoms with Gasteiger partial charge in [0.1, 0.15) is 23.6 Å². The maximum atomic E-state index is 13.8. The van der Waals surface area contributed by atoms with Crippen LogP contribution >= 0.6 is 27.3 Å². The van der Waals surface area contributed by atoms with E-state index in [2.05, 4.69) is 15.9 Å². The summed E-state index contributed by atoms with van der Waals surface area (Å²) in [5.74, 6) is -1.47. The standard InChI is InChI=1S/C13H10BrF2NOS/c1-17(5-10-4-9(14)7-19-10)13-11(15)2-8(6-18)3-12(13)16/h2-4,6-7H,5H2,1H3. The molecule has 100 valence electrons. The molecule has 1 aromatic heterocycles. The molecule has 0 aliphatic rings. The van der Waals surface area contributed by atoms with Crippen molar-refractivity contribution >= 4 is 39.2 Å². The van der Waals surface area contributed by atoms with Crippen molar-refractivity contribution in [3.63, 3.8) is 0 Å². The number of hydrogen-bond donors (Lipinski definition) is 0. The van der Waals surface area contributed by atoms with E-state index in [-0.39, 0.29) is 11.3 Å². The lowest BCUT2D eigenvalue weighted by atomic mass is 10.2. The number of anilines is 1. The summed E-state index contributed by atoms with van der Waals surface area (Å²) >= 11 is 4.83. The van der Waals surface area contributed by atoms with E-state index in [1.54, 1.807) is 7.05 Å². The molecule has 0 saturated carbocycles. The minimum Gasteiger partial charge on any atom is -0.365 e. The largest absolute Gasteiger partial charge is 0.365 e. The molecule has 2 aromatic rings. The molecule has 0 bridgehead atoms. The van der Waals surface area contributed by atoms with E-state index in [0.717, 1.165) is 21.5 Å². The summed E-state index contributed by atoms with van der Waals surface area (Å²) in [7, 11) is 1.61. The molecule has 0 N–H and O–H groups in total. The maximum absolute atomic E-state index is 13.8. The molecule has 0 unspecified atom stereocenters. The van der Waals surface area contributed by atoms with Crippen molar-refractivity contribution < 1.29 is 13.6 Å². The lowest BCUT2D eigenvalue weighted by Gasteiger charge is -2.20. The van der Waals surface area contributed by atoms with Gasteiger partial charge in [-0.15, -0.1) is 11.3 Å². The summed E-state index contributed by atoms with van der Waals surface area (Å²) in [5, 5.41) is 1.91. The van der Waals surface area contributed by atoms with E-state index >= 15 is 0 Å². The number of benzene rings is 1. The topological polar surface area (TPSA) is 20.3 Å². The molecule has 0 fully saturated rings. The van der Waals surface area contributed by atoms with E-state index < -0.39 is 11.6 Å². The number of carbonyl (C=O) groups is 1. The smallest absolute Gasteiger partial charge is 0.150 e. The van der Waals surface area contributed by atoms with Crippen LogP contribution in [0.15, 0.2) is 28.1 Å². The van der Waals surface area contributed by atoms with Crippen molar-refractivity contribution in [3.05, 3.63) is 50.1 Å². The number of carbonyl (C=O) groups excluding carboxylic acids is 1. The van der Waals surface area contributed by atoms with Crippen LogP contribution in [0.4, 0.5) is 14.5 Å². The average Bonchev–Trinajstić information content (AvgIpc) is 2.73. The molecule has 0 atom stereocenters. The molecule has 1 aromatic carbocycles. The lowest BCUT2D eigenvalue weighted by molar-refractivity contribution is 0.112. The number of rotatable bonds is 4. The Morgan fingerprint density at radius 3 is 2.42 bits per heavy atom. The second-order valence-electron chi connectivity index (χ2n) is 4.04. The van der Waals surface area contributed by atoms with E-state index in [1.165, 1.54) is 16.2 Å². The van der Waals surface area contributed by atoms with Gasteiger partial charge in [0.2, 0.25) is 0 Å². The monoisotopic (exact) mass is 345 g/mol. The minimum atomic E-state index is -0.736. The van der Waals surface area contributed by atoms with Gasteiger partial charge in [0.05, 0.1) is 6.54 Å². The third kappa shape index (κ3) is 3.19. The van der Waals surface area contributed by atoms with Crippen molar-refractivity contribution in [2.75, 3.05) is 11.9 Å². The Balaban J connectivity index is 2.28. The van der Waals surface area contributed by atoms with Gasteiger partial charge >= 0.3 is 0 Å². The molecular formula is C13H10BrF2NOS. The molecule has 19 heavy (non-hydrogen) atoms. The summed E-state index contributed by atoms with van der Waals surface area (Å²) in [5.41, 5.74) is -0.138. The van der Waals surface area contributed by atoms with Crippen LogP contribution in [-0.2, 0) is 6.54 Å². The zero-order valence-corrected chi connectivity index (χ0v) is 12.4. The summed E-state index contributed by atoms with van der Waals surface area (Å²) in [6, 6.07) is 3.97. The molecule has 0 amide bonds. The highest BCUT2D eigenvalue weighted by Crippen LogP contribution is 2.27. The summed E-state index contributed by atoms with van der Waals surface area (Å²) in [4.78, 5) is 13.0. The van der Waals surface area contributed by atoms with Gasteiger partial charge in [-0.05, 0) is 34.1 Å². The van der Waals surface area contributed by atoms with E-state index in [1.807, 2.05) is 11.4 Å². The quantitative estimate of drug-likeness (QED) is 0.772. The molecule has 0 radical (unpaired) electrons. The average molecular weight is 346 g/mol. The number of hydrogen-bond acceptors (Lipinski definition) is 3. The fraction of sp³-hybridized carbons (Fsp3) is 0.154. The van der Waals surface area contributed by atoms with E-state index in [0.29, 0.717) is 12.8 Å². The van der Waals surface area contributed by atoms with Gasteiger partial charge in [0.25, 0.3) is 0 Å². The van der Waals surface area contributed by atoms with Crippen LogP contribution < -0.4 is 4.90 Å². The van der Waals surface area contributed by atoms with Crippen molar-refractivity contribution in [2.24, 2.45) is 0 Å². The first-order valence-electron chi connectivity index (χ1n) is 5.39. The Hall–Kier alpha value is -1.27. The number of thiophene rings is 1. The highest BCUT2D eigenvalue weighted by atomic mass is 79.9. The SMILES string of the molecule is CN(Cc1cc(Br)cs1)c1c(F)cc(C=O)cc1F. The molecule has 2 nitrogen and oxygen atoms in total. The van der Waals surface area contributed by atoms with Gasteiger partial charge in [-0.25, -0.2) is 8.78 Å². The maximum Gasteiger partial charge on any atom is 0.150 e. The first kappa shape index (κ1) is 14.1. The number of halogens is 3. The van der Waals surface area contributed by atoms with Crippen molar-refractivity contribution in [2.45, 2.75) is 6.54 Å². The summed E-state index contributed by atoms with van der Waals surface area (Å²) in [6.07, 6.45) is 0.423. The van der Waals surface area contributed by atoms with Crippen LogP contribution in [-0.4, -0.2) is 13.3 Å². The van der Waals surface area contributed by atoms with E-state index in [4.69, 9.17) is 0 Å². The predicted molar refractivity (Wildman–Crippen MR) is 75.9 cm³/mol. The Bertz CT molecular complexity index is 591. The van der Waals surface area contributed by atoms with Crippen molar-refractivity contribution in [1.29, 1.82) is 0 Å². The second-order valence-corrected chi connectivity index (χ2v) is 5.95. The molecule has 0 spiro atoms. The Kier molecular flexibility index (Phi) is 4.31. The third-order valence-corrected chi connectivity index (χ3v) is 4.25. The molecule has 2 rings (SSSR count). The zero-order valence-electron chi connectivity index (χ0n) is 9.99. The predicted octanol–water partition coefficient (Wildman–Crippen LogP) is 4.24. The zero-order chi connectivity index (χ0) is 14.0. The lowest BCUT2D eigenvalue weighted by Crippen LogP contribution is -2.18. The third-order valence-electron chi connectivity index (χ3n) is 2.57. The van der Waals surface area contributed by atoms with Crippen LogP contribution in [0.1, 0.15) is 15.2 Å². The number of nitrogens with zero attached hydrogens (tertiary/aromatic N) is 1. The van der Waals surface area contributed by atoms with Gasteiger partial charge < -0.3 is 4.90 Å². The van der Waals surface area contributed by atoms with Crippen LogP contribution in [0, 0.1) is 11.6 Å². The number of aldehydes is 1. The molecule has 1 heterocycles. The van der Waals surface area contributed by atoms with Gasteiger partial charge in [-0.2, -0.15) is 0 Å². The van der Waals surface area contributed by atoms with E-state index in [9.17, 15) is 13.6 Å². The molecule has 0 aliphatic heterocycles. The normalized spacial score (nSPS) is 10.5. The highest BCUT2D eigenvalue weighted by Gasteiger charge is 2.16. The second kappa shape index (κ2) is 5.79. The van der Waals surface area contributed by atoms with Crippen LogP contribution in [0.3, 0.4) is 0 Å². The van der Waals surface area contributed by atoms with Gasteiger partial charge in [-0.3, -0.25) is 4.79 Å². The first-order valence-corrected chi connectivity index (χ1v) is 7.07. The molecule has 0 saturated heterocycles. The van der Waals surface area contributed by atoms with Crippen LogP contribution in [0.2, 0.25) is 0 Å². The van der Waals surface area contributed by atoms with Crippen LogP contribution in [0.25, 0.3) is 0 Å². The van der Waals surface area contributed by atoms with Crippen molar-refractivity contribution in [3.8, 4) is 0 Å². The van der Waals surface area contributed by atoms with Gasteiger partial charge in [0, 0.05) is 27.3 Å². The van der Waals surface area contributed by atoms with Gasteiger partial charge in [0.15, 0.2) is 0 Å². The highest BCUT2D eigenvalue weighted by molar-refractivity contribution is 9.10. The first-order chi connectivity index (χ1) is 9.01. The summed E-state index contributed by atoms with van der Waals surface area (Å²) in [6.45, 7) is 0.393.